The zero-order chi connectivity index (χ0) is 38.4. The first kappa shape index (κ1) is 33.5. The molecule has 0 aliphatic heterocycles. The maximum Gasteiger partial charge on any atom is 0.143 e. The molecule has 0 aliphatic rings. The predicted octanol–water partition coefficient (Wildman–Crippen LogP) is 15.8. The summed E-state index contributed by atoms with van der Waals surface area (Å²) < 4.78 is 13.4. The number of para-hydroxylation sites is 6. The van der Waals surface area contributed by atoms with Crippen LogP contribution in [0.2, 0.25) is 0 Å². The standard InChI is InChI=1S/C54H36N2O2/c1-5-19-39(20-6-1)55(40-21-7-2-8-22-40)43-31-32-52-49(34-43)47-29-16-28-45(53(47)58-52)37-17-15-18-38(33-37)48-35-44(36-50-46-27-13-14-30-51(46)57-54(48)50)56(41-23-9-3-10-24-41)42-25-11-4-12-26-42/h1-36H. The van der Waals surface area contributed by atoms with Crippen molar-refractivity contribution in [3.05, 3.63) is 218 Å². The molecule has 0 saturated carbocycles. The van der Waals surface area contributed by atoms with Gasteiger partial charge in [-0.1, -0.05) is 127 Å². The fraction of sp³-hybridized carbons (Fsp3) is 0. The molecule has 0 unspecified atom stereocenters. The third kappa shape index (κ3) is 5.78. The van der Waals surface area contributed by atoms with Crippen molar-refractivity contribution in [2.75, 3.05) is 9.80 Å². The second-order valence-electron chi connectivity index (χ2n) is 14.5. The number of furan rings is 2. The van der Waals surface area contributed by atoms with Crippen LogP contribution in [-0.2, 0) is 0 Å². The summed E-state index contributed by atoms with van der Waals surface area (Å²) in [6.07, 6.45) is 0. The van der Waals surface area contributed by atoms with Crippen LogP contribution in [0.25, 0.3) is 66.1 Å². The van der Waals surface area contributed by atoms with E-state index in [0.717, 1.165) is 100 Å². The van der Waals surface area contributed by atoms with Crippen LogP contribution in [0, 0.1) is 0 Å². The third-order valence-electron chi connectivity index (χ3n) is 11.0. The number of nitrogens with zero attached hydrogens (tertiary/aromatic N) is 2. The lowest BCUT2D eigenvalue weighted by Gasteiger charge is -2.26. The molecular weight excluding hydrogens is 709 g/mol. The Hall–Kier alpha value is -7.82. The molecule has 11 rings (SSSR count). The van der Waals surface area contributed by atoms with Gasteiger partial charge in [0.05, 0.1) is 0 Å². The molecule has 4 nitrogen and oxygen atoms in total. The summed E-state index contributed by atoms with van der Waals surface area (Å²) in [5.41, 5.74) is 14.1. The van der Waals surface area contributed by atoms with E-state index in [9.17, 15) is 0 Å². The second kappa shape index (κ2) is 14.0. The van der Waals surface area contributed by atoms with Crippen molar-refractivity contribution in [2.45, 2.75) is 0 Å². The van der Waals surface area contributed by atoms with E-state index in [4.69, 9.17) is 8.83 Å². The molecule has 11 aromatic rings. The molecular formula is C54H36N2O2. The van der Waals surface area contributed by atoms with Gasteiger partial charge >= 0.3 is 0 Å². The van der Waals surface area contributed by atoms with E-state index in [0.29, 0.717) is 0 Å². The van der Waals surface area contributed by atoms with Gasteiger partial charge in [-0.3, -0.25) is 0 Å². The van der Waals surface area contributed by atoms with Gasteiger partial charge in [-0.25, -0.2) is 0 Å². The first-order valence-corrected chi connectivity index (χ1v) is 19.6. The molecule has 0 saturated heterocycles. The van der Waals surface area contributed by atoms with Crippen LogP contribution in [0.5, 0.6) is 0 Å². The average Bonchev–Trinajstić information content (AvgIpc) is 3.86. The topological polar surface area (TPSA) is 32.8 Å². The highest BCUT2D eigenvalue weighted by Gasteiger charge is 2.21. The summed E-state index contributed by atoms with van der Waals surface area (Å²) in [6.45, 7) is 0. The molecule has 274 valence electrons. The van der Waals surface area contributed by atoms with Crippen molar-refractivity contribution in [1.29, 1.82) is 0 Å². The van der Waals surface area contributed by atoms with Crippen LogP contribution in [0.3, 0.4) is 0 Å². The van der Waals surface area contributed by atoms with Crippen molar-refractivity contribution < 1.29 is 8.83 Å². The molecule has 0 radical (unpaired) electrons. The molecule has 58 heavy (non-hydrogen) atoms. The third-order valence-corrected chi connectivity index (χ3v) is 11.0. The zero-order valence-electron chi connectivity index (χ0n) is 31.5. The van der Waals surface area contributed by atoms with Crippen molar-refractivity contribution in [3.63, 3.8) is 0 Å². The Bertz CT molecular complexity index is 3150. The van der Waals surface area contributed by atoms with Crippen molar-refractivity contribution in [3.8, 4) is 22.3 Å². The van der Waals surface area contributed by atoms with Crippen LogP contribution in [0.1, 0.15) is 0 Å². The molecule has 0 bridgehead atoms. The Balaban J connectivity index is 1.07. The van der Waals surface area contributed by atoms with Gasteiger partial charge in [-0.15, -0.1) is 0 Å². The highest BCUT2D eigenvalue weighted by atomic mass is 16.3. The molecule has 0 aliphatic carbocycles. The molecule has 2 aromatic heterocycles. The molecule has 4 heteroatoms. The van der Waals surface area contributed by atoms with Crippen molar-refractivity contribution in [1.82, 2.24) is 0 Å². The number of fused-ring (bicyclic) bond motifs is 6. The summed E-state index contributed by atoms with van der Waals surface area (Å²) in [7, 11) is 0. The van der Waals surface area contributed by atoms with Crippen molar-refractivity contribution in [2.24, 2.45) is 0 Å². The monoisotopic (exact) mass is 744 g/mol. The van der Waals surface area contributed by atoms with Gasteiger partial charge in [0.2, 0.25) is 0 Å². The fourth-order valence-electron chi connectivity index (χ4n) is 8.37. The van der Waals surface area contributed by atoms with Gasteiger partial charge in [0.25, 0.3) is 0 Å². The summed E-state index contributed by atoms with van der Waals surface area (Å²) in [5, 5.41) is 4.30. The first-order chi connectivity index (χ1) is 28.8. The molecule has 0 fully saturated rings. The second-order valence-corrected chi connectivity index (χ2v) is 14.5. The highest BCUT2D eigenvalue weighted by Crippen LogP contribution is 2.45. The van der Waals surface area contributed by atoms with Crippen LogP contribution in [-0.4, -0.2) is 0 Å². The smallest absolute Gasteiger partial charge is 0.143 e. The molecule has 0 amide bonds. The molecule has 0 atom stereocenters. The molecule has 9 aromatic carbocycles. The zero-order valence-corrected chi connectivity index (χ0v) is 31.5. The van der Waals surface area contributed by atoms with Gasteiger partial charge in [-0.2, -0.15) is 0 Å². The van der Waals surface area contributed by atoms with E-state index >= 15 is 0 Å². The first-order valence-electron chi connectivity index (χ1n) is 19.6. The average molecular weight is 745 g/mol. The minimum absolute atomic E-state index is 0.849. The minimum Gasteiger partial charge on any atom is -0.455 e. The Morgan fingerprint density at radius 1 is 0.259 bits per heavy atom. The lowest BCUT2D eigenvalue weighted by molar-refractivity contribution is 0.670. The van der Waals surface area contributed by atoms with Gasteiger partial charge in [0.1, 0.15) is 22.3 Å². The van der Waals surface area contributed by atoms with Gasteiger partial charge in [0.15, 0.2) is 0 Å². The number of rotatable bonds is 8. The largest absolute Gasteiger partial charge is 0.455 e. The number of hydrogen-bond donors (Lipinski definition) is 0. The summed E-state index contributed by atoms with van der Waals surface area (Å²) in [5.74, 6) is 0. The summed E-state index contributed by atoms with van der Waals surface area (Å²) >= 11 is 0. The maximum absolute atomic E-state index is 6.74. The predicted molar refractivity (Wildman–Crippen MR) is 241 cm³/mol. The maximum atomic E-state index is 6.74. The number of hydrogen-bond acceptors (Lipinski definition) is 4. The Labute approximate surface area is 336 Å². The molecule has 0 spiro atoms. The Kier molecular flexibility index (Phi) is 8.11. The number of anilines is 6. The van der Waals surface area contributed by atoms with Crippen molar-refractivity contribution >= 4 is 78.0 Å². The van der Waals surface area contributed by atoms with Gasteiger partial charge < -0.3 is 18.6 Å². The van der Waals surface area contributed by atoms with E-state index in [1.807, 2.05) is 12.1 Å². The van der Waals surface area contributed by atoms with E-state index in [2.05, 4.69) is 216 Å². The van der Waals surface area contributed by atoms with Crippen LogP contribution >= 0.6 is 0 Å². The van der Waals surface area contributed by atoms with Crippen LogP contribution in [0.4, 0.5) is 34.1 Å². The normalized spacial score (nSPS) is 11.4. The summed E-state index contributed by atoms with van der Waals surface area (Å²) in [4.78, 5) is 4.60. The van der Waals surface area contributed by atoms with E-state index in [-0.39, 0.29) is 0 Å². The van der Waals surface area contributed by atoms with E-state index in [1.165, 1.54) is 0 Å². The van der Waals surface area contributed by atoms with Crippen LogP contribution in [0.15, 0.2) is 227 Å². The van der Waals surface area contributed by atoms with E-state index in [1.54, 1.807) is 0 Å². The highest BCUT2D eigenvalue weighted by molar-refractivity contribution is 6.13. The molecule has 0 N–H and O–H groups in total. The molecule has 2 heterocycles. The van der Waals surface area contributed by atoms with Crippen LogP contribution < -0.4 is 9.80 Å². The number of benzene rings is 9. The van der Waals surface area contributed by atoms with E-state index < -0.39 is 0 Å². The fourth-order valence-corrected chi connectivity index (χ4v) is 8.37. The quantitative estimate of drug-likeness (QED) is 0.155. The Morgan fingerprint density at radius 2 is 0.724 bits per heavy atom. The summed E-state index contributed by atoms with van der Waals surface area (Å²) in [6, 6.07) is 76.6. The lowest BCUT2D eigenvalue weighted by Crippen LogP contribution is -2.09. The SMILES string of the molecule is c1ccc(N(c2ccccc2)c2ccc3oc4c(-c5cccc(-c6cc(N(c7ccccc7)c7ccccc7)cc7c6oc6ccccc67)c5)cccc4c3c2)cc1. The lowest BCUT2D eigenvalue weighted by atomic mass is 9.95. The Morgan fingerprint density at radius 3 is 1.34 bits per heavy atom. The van der Waals surface area contributed by atoms with Gasteiger partial charge in [-0.05, 0) is 102 Å². The minimum atomic E-state index is 0.849. The van der Waals surface area contributed by atoms with Gasteiger partial charge in [0, 0.05) is 66.8 Å².